The van der Waals surface area contributed by atoms with Crippen LogP contribution in [-0.4, -0.2) is 29.4 Å². The molecular weight excluding hydrogens is 238 g/mol. The smallest absolute Gasteiger partial charge is 0.240 e. The fourth-order valence-electron chi connectivity index (χ4n) is 2.60. The number of hydrogen-bond donors (Lipinski definition) is 2. The maximum absolute atomic E-state index is 12.3. The zero-order valence-electron chi connectivity index (χ0n) is 11.5. The summed E-state index contributed by atoms with van der Waals surface area (Å²) in [5.74, 6) is 0.0679. The lowest BCUT2D eigenvalue weighted by Gasteiger charge is -2.12. The van der Waals surface area contributed by atoms with Crippen LogP contribution in [0.5, 0.6) is 0 Å². The third-order valence-corrected chi connectivity index (χ3v) is 3.79. The van der Waals surface area contributed by atoms with Gasteiger partial charge in [0.15, 0.2) is 0 Å². The highest BCUT2D eigenvalue weighted by Crippen LogP contribution is 2.43. The van der Waals surface area contributed by atoms with Crippen molar-refractivity contribution in [2.75, 3.05) is 6.54 Å². The summed E-state index contributed by atoms with van der Waals surface area (Å²) in [7, 11) is 0. The molecule has 1 fully saturated rings. The van der Waals surface area contributed by atoms with E-state index in [4.69, 9.17) is 11.5 Å². The zero-order valence-corrected chi connectivity index (χ0v) is 11.5. The minimum atomic E-state index is -0.386. The summed E-state index contributed by atoms with van der Waals surface area (Å²) in [6.45, 7) is 2.73. The van der Waals surface area contributed by atoms with E-state index in [0.29, 0.717) is 6.54 Å². The Morgan fingerprint density at radius 3 is 2.63 bits per heavy atom. The molecule has 2 rings (SSSR count). The number of rotatable bonds is 6. The van der Waals surface area contributed by atoms with Gasteiger partial charge in [0.2, 0.25) is 5.91 Å². The molecule has 1 saturated heterocycles. The van der Waals surface area contributed by atoms with Gasteiger partial charge < -0.3 is 16.4 Å². The van der Waals surface area contributed by atoms with Crippen LogP contribution in [0.1, 0.15) is 37.8 Å². The number of unbranched alkanes of at least 4 members (excludes halogenated alkanes) is 1. The molecule has 1 heterocycles. The van der Waals surface area contributed by atoms with Crippen LogP contribution < -0.4 is 11.5 Å². The van der Waals surface area contributed by atoms with E-state index in [-0.39, 0.29) is 24.0 Å². The minimum Gasteiger partial charge on any atom is -0.330 e. The summed E-state index contributed by atoms with van der Waals surface area (Å²) in [5, 5.41) is 0. The molecule has 0 spiro atoms. The quantitative estimate of drug-likeness (QED) is 0.601. The fraction of sp³-hybridized carbons (Fsp3) is 0.533. The zero-order chi connectivity index (χ0) is 13.8. The molecule has 3 atom stereocenters. The number of hydrogen-bond acceptors (Lipinski definition) is 3. The van der Waals surface area contributed by atoms with Crippen LogP contribution in [0.25, 0.3) is 0 Å². The molecule has 1 aromatic carbocycles. The predicted octanol–water partition coefficient (Wildman–Crippen LogP) is 1.41. The number of nitrogens with two attached hydrogens (primary N) is 2. The molecule has 0 unspecified atom stereocenters. The van der Waals surface area contributed by atoms with Gasteiger partial charge in [0.1, 0.15) is 0 Å². The third kappa shape index (κ3) is 3.14. The Kier molecular flexibility index (Phi) is 4.56. The second-order valence-corrected chi connectivity index (χ2v) is 5.23. The Labute approximate surface area is 114 Å². The summed E-state index contributed by atoms with van der Waals surface area (Å²) in [5.41, 5.74) is 12.6. The van der Waals surface area contributed by atoms with Crippen molar-refractivity contribution in [1.82, 2.24) is 4.90 Å². The van der Waals surface area contributed by atoms with E-state index >= 15 is 0 Å². The fourth-order valence-corrected chi connectivity index (χ4v) is 2.60. The summed E-state index contributed by atoms with van der Waals surface area (Å²) < 4.78 is 0. The monoisotopic (exact) mass is 261 g/mol. The first-order valence-corrected chi connectivity index (χ1v) is 6.99. The van der Waals surface area contributed by atoms with E-state index < -0.39 is 0 Å². The van der Waals surface area contributed by atoms with Gasteiger partial charge in [0, 0.05) is 0 Å². The van der Waals surface area contributed by atoms with Gasteiger partial charge in [-0.1, -0.05) is 36.8 Å². The van der Waals surface area contributed by atoms with Crippen LogP contribution in [0.4, 0.5) is 0 Å². The van der Waals surface area contributed by atoms with Crippen molar-refractivity contribution in [3.8, 4) is 0 Å². The van der Waals surface area contributed by atoms with Gasteiger partial charge in [-0.3, -0.25) is 4.79 Å². The Bertz CT molecular complexity index is 421. The minimum absolute atomic E-state index is 0.0679. The van der Waals surface area contributed by atoms with Gasteiger partial charge in [0.25, 0.3) is 0 Å². The Balaban J connectivity index is 1.91. The van der Waals surface area contributed by atoms with Gasteiger partial charge in [-0.2, -0.15) is 0 Å². The summed E-state index contributed by atoms with van der Waals surface area (Å²) >= 11 is 0. The number of nitrogens with zero attached hydrogens (tertiary/aromatic N) is 1. The molecule has 1 aliphatic heterocycles. The van der Waals surface area contributed by atoms with Crippen LogP contribution in [0, 0.1) is 0 Å². The van der Waals surface area contributed by atoms with E-state index in [0.717, 1.165) is 19.3 Å². The van der Waals surface area contributed by atoms with Crippen molar-refractivity contribution in [2.45, 2.75) is 44.3 Å². The summed E-state index contributed by atoms with van der Waals surface area (Å²) in [6, 6.07) is 10.2. The number of amides is 1. The molecule has 1 amide bonds. The van der Waals surface area contributed by atoms with Crippen LogP contribution in [0.15, 0.2) is 30.3 Å². The number of carbonyl (C=O) groups is 1. The maximum atomic E-state index is 12.3. The van der Waals surface area contributed by atoms with Crippen molar-refractivity contribution in [2.24, 2.45) is 11.5 Å². The summed E-state index contributed by atoms with van der Waals surface area (Å²) in [6.07, 6.45) is 2.57. The highest BCUT2D eigenvalue weighted by Gasteiger charge is 2.49. The summed E-state index contributed by atoms with van der Waals surface area (Å²) in [4.78, 5) is 14.2. The van der Waals surface area contributed by atoms with Crippen molar-refractivity contribution >= 4 is 5.91 Å². The van der Waals surface area contributed by atoms with Crippen LogP contribution in [0.3, 0.4) is 0 Å². The van der Waals surface area contributed by atoms with E-state index in [1.165, 1.54) is 5.56 Å². The van der Waals surface area contributed by atoms with Crippen molar-refractivity contribution in [3.05, 3.63) is 35.9 Å². The lowest BCUT2D eigenvalue weighted by molar-refractivity contribution is -0.128. The second-order valence-electron chi connectivity index (χ2n) is 5.23. The SMILES string of the molecule is C[C@@H]1[C@@H](c2ccccc2)N1C(=O)[C@H](N)CCCCN. The van der Waals surface area contributed by atoms with Crippen LogP contribution in [0.2, 0.25) is 0 Å². The highest BCUT2D eigenvalue weighted by molar-refractivity contribution is 5.85. The van der Waals surface area contributed by atoms with E-state index in [9.17, 15) is 4.79 Å². The number of carbonyl (C=O) groups excluding carboxylic acids is 1. The van der Waals surface area contributed by atoms with Gasteiger partial charge in [-0.15, -0.1) is 0 Å². The normalized spacial score (nSPS) is 23.2. The topological polar surface area (TPSA) is 72.1 Å². The third-order valence-electron chi connectivity index (χ3n) is 3.79. The molecule has 4 nitrogen and oxygen atoms in total. The van der Waals surface area contributed by atoms with E-state index in [1.54, 1.807) is 0 Å². The first kappa shape index (κ1) is 14.0. The molecule has 0 bridgehead atoms. The molecule has 19 heavy (non-hydrogen) atoms. The van der Waals surface area contributed by atoms with E-state index in [1.807, 2.05) is 23.1 Å². The Morgan fingerprint density at radius 1 is 1.32 bits per heavy atom. The lowest BCUT2D eigenvalue weighted by atomic mass is 10.1. The number of benzene rings is 1. The largest absolute Gasteiger partial charge is 0.330 e. The van der Waals surface area contributed by atoms with E-state index in [2.05, 4.69) is 19.1 Å². The van der Waals surface area contributed by atoms with Gasteiger partial charge >= 0.3 is 0 Å². The molecular formula is C15H23N3O. The molecule has 0 aliphatic carbocycles. The van der Waals surface area contributed by atoms with Crippen molar-refractivity contribution in [1.29, 1.82) is 0 Å². The molecule has 0 saturated carbocycles. The van der Waals surface area contributed by atoms with Gasteiger partial charge in [-0.25, -0.2) is 0 Å². The first-order valence-electron chi connectivity index (χ1n) is 6.99. The average Bonchev–Trinajstić information content (AvgIpc) is 3.10. The first-order chi connectivity index (χ1) is 9.16. The maximum Gasteiger partial charge on any atom is 0.240 e. The van der Waals surface area contributed by atoms with Crippen molar-refractivity contribution < 1.29 is 4.79 Å². The average molecular weight is 261 g/mol. The Morgan fingerprint density at radius 2 is 2.00 bits per heavy atom. The van der Waals surface area contributed by atoms with Crippen LogP contribution >= 0.6 is 0 Å². The molecule has 0 aromatic heterocycles. The molecule has 4 N–H and O–H groups in total. The molecule has 104 valence electrons. The molecule has 0 radical (unpaired) electrons. The molecule has 1 aromatic rings. The molecule has 1 aliphatic rings. The van der Waals surface area contributed by atoms with Gasteiger partial charge in [-0.05, 0) is 31.9 Å². The van der Waals surface area contributed by atoms with Gasteiger partial charge in [0.05, 0.1) is 18.1 Å². The molecule has 4 heteroatoms. The van der Waals surface area contributed by atoms with Crippen molar-refractivity contribution in [3.63, 3.8) is 0 Å². The highest BCUT2D eigenvalue weighted by atomic mass is 16.2. The lowest BCUT2D eigenvalue weighted by Crippen LogP contribution is -2.36. The standard InChI is InChI=1S/C15H23N3O/c1-11-14(12-7-3-2-4-8-12)18(11)15(19)13(17)9-5-6-10-16/h2-4,7-8,11,13-14H,5-6,9-10,16-17H2,1H3/t11-,13-,14+,18?/m1/s1. The Hall–Kier alpha value is -1.39. The predicted molar refractivity (Wildman–Crippen MR) is 76.4 cm³/mol. The van der Waals surface area contributed by atoms with Crippen LogP contribution in [-0.2, 0) is 4.79 Å². The second kappa shape index (κ2) is 6.17.